The van der Waals surface area contributed by atoms with Crippen LogP contribution in [0, 0.1) is 11.3 Å². The van der Waals surface area contributed by atoms with E-state index in [1.807, 2.05) is 48.5 Å². The maximum atomic E-state index is 8.50. The monoisotopic (exact) mass is 305 g/mol. The van der Waals surface area contributed by atoms with Crippen molar-refractivity contribution < 1.29 is 4.74 Å². The molecule has 3 aromatic rings. The molecule has 0 aliphatic rings. The van der Waals surface area contributed by atoms with Crippen molar-refractivity contribution in [3.63, 3.8) is 0 Å². The Morgan fingerprint density at radius 3 is 2.83 bits per heavy atom. The molecular formula is C19H19N3O. The number of H-pyrrole nitrogens is 1. The Bertz CT molecular complexity index is 784. The summed E-state index contributed by atoms with van der Waals surface area (Å²) in [6.07, 6.45) is 3.56. The summed E-state index contributed by atoms with van der Waals surface area (Å²) in [5, 5.41) is 8.50. The summed E-state index contributed by atoms with van der Waals surface area (Å²) in [4.78, 5) is 7.94. The van der Waals surface area contributed by atoms with Crippen LogP contribution < -0.4 is 4.74 Å². The average molecular weight is 305 g/mol. The molecule has 4 heteroatoms. The first-order chi connectivity index (χ1) is 11.4. The SMILES string of the molecule is N#CCCCCCOc1cccc(-c2nc3ccccc3[nH]2)c1. The van der Waals surface area contributed by atoms with Gasteiger partial charge in [-0.1, -0.05) is 24.3 Å². The molecule has 116 valence electrons. The molecule has 1 N–H and O–H groups in total. The largest absolute Gasteiger partial charge is 0.494 e. The highest BCUT2D eigenvalue weighted by Crippen LogP contribution is 2.24. The Hall–Kier alpha value is -2.80. The third-order valence-corrected chi connectivity index (χ3v) is 3.70. The molecule has 23 heavy (non-hydrogen) atoms. The normalized spacial score (nSPS) is 10.6. The molecule has 0 saturated heterocycles. The number of imidazole rings is 1. The van der Waals surface area contributed by atoms with E-state index in [1.54, 1.807) is 0 Å². The molecule has 0 saturated carbocycles. The number of ether oxygens (including phenoxy) is 1. The summed E-state index contributed by atoms with van der Waals surface area (Å²) in [6.45, 7) is 0.676. The van der Waals surface area contributed by atoms with E-state index in [2.05, 4.69) is 16.0 Å². The topological polar surface area (TPSA) is 61.7 Å². The fourth-order valence-corrected chi connectivity index (χ4v) is 2.50. The summed E-state index contributed by atoms with van der Waals surface area (Å²) < 4.78 is 5.80. The minimum Gasteiger partial charge on any atom is -0.494 e. The van der Waals surface area contributed by atoms with Crippen LogP contribution in [0.5, 0.6) is 5.75 Å². The van der Waals surface area contributed by atoms with E-state index < -0.39 is 0 Å². The van der Waals surface area contributed by atoms with Gasteiger partial charge < -0.3 is 9.72 Å². The van der Waals surface area contributed by atoms with Crippen molar-refractivity contribution >= 4 is 11.0 Å². The quantitative estimate of drug-likeness (QED) is 0.644. The zero-order valence-corrected chi connectivity index (χ0v) is 13.0. The fourth-order valence-electron chi connectivity index (χ4n) is 2.50. The van der Waals surface area contributed by atoms with Crippen LogP contribution in [0.2, 0.25) is 0 Å². The molecule has 0 spiro atoms. The van der Waals surface area contributed by atoms with E-state index in [-0.39, 0.29) is 0 Å². The van der Waals surface area contributed by atoms with Crippen molar-refractivity contribution in [2.45, 2.75) is 25.7 Å². The van der Waals surface area contributed by atoms with Gasteiger partial charge >= 0.3 is 0 Å². The highest BCUT2D eigenvalue weighted by Gasteiger charge is 2.05. The van der Waals surface area contributed by atoms with Gasteiger partial charge in [-0.3, -0.25) is 0 Å². The number of aromatic nitrogens is 2. The molecule has 2 aromatic carbocycles. The predicted octanol–water partition coefficient (Wildman–Crippen LogP) is 4.69. The van der Waals surface area contributed by atoms with Crippen LogP contribution >= 0.6 is 0 Å². The van der Waals surface area contributed by atoms with Gasteiger partial charge in [0.2, 0.25) is 0 Å². The number of para-hydroxylation sites is 2. The summed E-state index contributed by atoms with van der Waals surface area (Å²) in [5.41, 5.74) is 3.01. The average Bonchev–Trinajstić information content (AvgIpc) is 3.02. The number of nitrogens with one attached hydrogen (secondary N) is 1. The number of nitrogens with zero attached hydrogens (tertiary/aromatic N) is 2. The number of nitriles is 1. The Labute approximate surface area is 135 Å². The Balaban J connectivity index is 1.64. The summed E-state index contributed by atoms with van der Waals surface area (Å²) in [6, 6.07) is 18.1. The molecule has 0 fully saturated rings. The molecule has 1 aromatic heterocycles. The molecule has 0 atom stereocenters. The Morgan fingerprint density at radius 1 is 1.04 bits per heavy atom. The smallest absolute Gasteiger partial charge is 0.138 e. The molecule has 0 aliphatic heterocycles. The number of rotatable bonds is 7. The number of benzene rings is 2. The number of unbranched alkanes of at least 4 members (excludes halogenated alkanes) is 3. The molecular weight excluding hydrogens is 286 g/mol. The van der Waals surface area contributed by atoms with Gasteiger partial charge in [-0.2, -0.15) is 5.26 Å². The lowest BCUT2D eigenvalue weighted by Crippen LogP contribution is -1.97. The van der Waals surface area contributed by atoms with Crippen LogP contribution in [-0.4, -0.2) is 16.6 Å². The van der Waals surface area contributed by atoms with Crippen molar-refractivity contribution in [2.24, 2.45) is 0 Å². The first kappa shape index (κ1) is 15.1. The molecule has 1 heterocycles. The minimum atomic E-state index is 0.627. The van der Waals surface area contributed by atoms with Gasteiger partial charge in [0.25, 0.3) is 0 Å². The molecule has 0 amide bonds. The van der Waals surface area contributed by atoms with Gasteiger partial charge in [-0.15, -0.1) is 0 Å². The fraction of sp³-hybridized carbons (Fsp3) is 0.263. The number of aromatic amines is 1. The Kier molecular flexibility index (Phi) is 4.90. The van der Waals surface area contributed by atoms with Crippen molar-refractivity contribution in [1.82, 2.24) is 9.97 Å². The van der Waals surface area contributed by atoms with Gasteiger partial charge in [-0.25, -0.2) is 4.98 Å². The highest BCUT2D eigenvalue weighted by atomic mass is 16.5. The van der Waals surface area contributed by atoms with E-state index in [9.17, 15) is 0 Å². The third-order valence-electron chi connectivity index (χ3n) is 3.70. The van der Waals surface area contributed by atoms with Crippen LogP contribution in [0.4, 0.5) is 0 Å². The molecule has 0 radical (unpaired) electrons. The van der Waals surface area contributed by atoms with Crippen molar-refractivity contribution in [3.05, 3.63) is 48.5 Å². The van der Waals surface area contributed by atoms with Crippen molar-refractivity contribution in [3.8, 4) is 23.2 Å². The molecule has 0 unspecified atom stereocenters. The van der Waals surface area contributed by atoms with E-state index in [1.165, 1.54) is 0 Å². The van der Waals surface area contributed by atoms with Gasteiger partial charge in [0.1, 0.15) is 11.6 Å². The lowest BCUT2D eigenvalue weighted by atomic mass is 10.2. The van der Waals surface area contributed by atoms with E-state index in [0.29, 0.717) is 13.0 Å². The standard InChI is InChI=1S/C19H19N3O/c20-12-5-1-2-6-13-23-16-9-7-8-15(14-16)19-21-17-10-3-4-11-18(17)22-19/h3-4,7-11,14H,1-2,5-6,13H2,(H,21,22). The van der Waals surface area contributed by atoms with Crippen LogP contribution in [0.1, 0.15) is 25.7 Å². The first-order valence-corrected chi connectivity index (χ1v) is 7.92. The lowest BCUT2D eigenvalue weighted by molar-refractivity contribution is 0.305. The Morgan fingerprint density at radius 2 is 1.96 bits per heavy atom. The maximum absolute atomic E-state index is 8.50. The molecule has 0 aliphatic carbocycles. The molecule has 4 nitrogen and oxygen atoms in total. The lowest BCUT2D eigenvalue weighted by Gasteiger charge is -2.07. The van der Waals surface area contributed by atoms with E-state index in [0.717, 1.165) is 47.4 Å². The third kappa shape index (κ3) is 3.89. The van der Waals surface area contributed by atoms with Crippen LogP contribution in [0.3, 0.4) is 0 Å². The van der Waals surface area contributed by atoms with E-state index in [4.69, 9.17) is 10.00 Å². The van der Waals surface area contributed by atoms with Gasteiger partial charge in [0.15, 0.2) is 0 Å². The predicted molar refractivity (Wildman–Crippen MR) is 91.1 cm³/mol. The first-order valence-electron chi connectivity index (χ1n) is 7.92. The second-order valence-electron chi connectivity index (χ2n) is 5.45. The van der Waals surface area contributed by atoms with Gasteiger partial charge in [-0.05, 0) is 43.5 Å². The summed E-state index contributed by atoms with van der Waals surface area (Å²) in [5.74, 6) is 1.70. The number of fused-ring (bicyclic) bond motifs is 1. The molecule has 0 bridgehead atoms. The minimum absolute atomic E-state index is 0.627. The van der Waals surface area contributed by atoms with Gasteiger partial charge in [0.05, 0.1) is 23.7 Å². The van der Waals surface area contributed by atoms with Crippen LogP contribution in [-0.2, 0) is 0 Å². The van der Waals surface area contributed by atoms with E-state index >= 15 is 0 Å². The number of hydrogen-bond donors (Lipinski definition) is 1. The second-order valence-corrected chi connectivity index (χ2v) is 5.45. The summed E-state index contributed by atoms with van der Waals surface area (Å²) in [7, 11) is 0. The maximum Gasteiger partial charge on any atom is 0.138 e. The van der Waals surface area contributed by atoms with Crippen LogP contribution in [0.15, 0.2) is 48.5 Å². The second kappa shape index (κ2) is 7.46. The van der Waals surface area contributed by atoms with Crippen LogP contribution in [0.25, 0.3) is 22.4 Å². The van der Waals surface area contributed by atoms with Crippen molar-refractivity contribution in [2.75, 3.05) is 6.61 Å². The number of hydrogen-bond acceptors (Lipinski definition) is 3. The van der Waals surface area contributed by atoms with Crippen molar-refractivity contribution in [1.29, 1.82) is 5.26 Å². The molecule has 3 rings (SSSR count). The summed E-state index contributed by atoms with van der Waals surface area (Å²) >= 11 is 0. The van der Waals surface area contributed by atoms with Gasteiger partial charge in [0, 0.05) is 12.0 Å². The zero-order valence-electron chi connectivity index (χ0n) is 13.0. The zero-order chi connectivity index (χ0) is 15.9. The highest BCUT2D eigenvalue weighted by molar-refractivity contribution is 5.79.